The van der Waals surface area contributed by atoms with Crippen LogP contribution >= 0.6 is 11.6 Å². The van der Waals surface area contributed by atoms with Crippen molar-refractivity contribution in [3.8, 4) is 5.69 Å². The molecule has 1 N–H and O–H groups in total. The zero-order valence-electron chi connectivity index (χ0n) is 19.0. The molecule has 5 rings (SSSR count). The third-order valence-corrected chi connectivity index (χ3v) is 6.16. The van der Waals surface area contributed by atoms with Crippen LogP contribution in [0.2, 0.25) is 5.02 Å². The average Bonchev–Trinajstić information content (AvgIpc) is 3.26. The Morgan fingerprint density at radius 3 is 2.70 bits per heavy atom. The van der Waals surface area contributed by atoms with Crippen molar-refractivity contribution in [1.29, 1.82) is 0 Å². The maximum absolute atomic E-state index is 13.7. The molecule has 15 heteroatoms. The van der Waals surface area contributed by atoms with Crippen LogP contribution in [-0.2, 0) is 20.4 Å². The summed E-state index contributed by atoms with van der Waals surface area (Å²) in [7, 11) is 0. The van der Waals surface area contributed by atoms with Gasteiger partial charge in [0.1, 0.15) is 24.1 Å². The molecule has 0 saturated carbocycles. The second kappa shape index (κ2) is 9.89. The van der Waals surface area contributed by atoms with Crippen LogP contribution in [0.1, 0.15) is 35.3 Å². The standard InChI is InChI=1S/C22H19ClF3N7O4/c1-10-29-20(33(31-10)13-7-12(23)8-28-19(13)22(24,25)26)18-16(34)15(30-32-27)17-14(36-18)9-35-21(37-17)11-5-3-2-4-6-11/h2-8,14-18,21,34H,9H2,1H3/t14-,15-,16-,17+,18-,21?/m1/s1. The summed E-state index contributed by atoms with van der Waals surface area (Å²) in [5.74, 6) is -0.0667. The van der Waals surface area contributed by atoms with Crippen molar-refractivity contribution in [2.24, 2.45) is 5.11 Å². The van der Waals surface area contributed by atoms with Crippen molar-refractivity contribution in [2.45, 2.75) is 49.8 Å². The number of hydrogen-bond donors (Lipinski definition) is 1. The molecule has 2 aromatic heterocycles. The quantitative estimate of drug-likeness (QED) is 0.298. The summed E-state index contributed by atoms with van der Waals surface area (Å²) in [5, 5.41) is 19.0. The van der Waals surface area contributed by atoms with Crippen LogP contribution in [-0.4, -0.2) is 55.8 Å². The number of aliphatic hydroxyl groups is 1. The number of pyridine rings is 1. The monoisotopic (exact) mass is 537 g/mol. The summed E-state index contributed by atoms with van der Waals surface area (Å²) in [4.78, 5) is 10.5. The molecular formula is C22H19ClF3N7O4. The van der Waals surface area contributed by atoms with Gasteiger partial charge in [0, 0.05) is 16.7 Å². The lowest BCUT2D eigenvalue weighted by molar-refractivity contribution is -0.309. The van der Waals surface area contributed by atoms with Crippen molar-refractivity contribution >= 4 is 11.6 Å². The van der Waals surface area contributed by atoms with Gasteiger partial charge in [0.05, 0.1) is 29.5 Å². The van der Waals surface area contributed by atoms with E-state index in [0.29, 0.717) is 5.56 Å². The van der Waals surface area contributed by atoms with Crippen molar-refractivity contribution in [2.75, 3.05) is 6.61 Å². The number of nitrogens with zero attached hydrogens (tertiary/aromatic N) is 7. The zero-order chi connectivity index (χ0) is 26.3. The highest BCUT2D eigenvalue weighted by atomic mass is 35.5. The van der Waals surface area contributed by atoms with E-state index in [0.717, 1.165) is 16.9 Å². The Kier molecular flexibility index (Phi) is 6.79. The van der Waals surface area contributed by atoms with Gasteiger partial charge in [-0.3, -0.25) is 0 Å². The molecule has 0 spiro atoms. The number of hydrogen-bond acceptors (Lipinski definition) is 8. The van der Waals surface area contributed by atoms with E-state index in [2.05, 4.69) is 25.1 Å². The number of ether oxygens (including phenoxy) is 3. The van der Waals surface area contributed by atoms with E-state index in [-0.39, 0.29) is 23.3 Å². The normalized spacial score (nSPS) is 27.8. The van der Waals surface area contributed by atoms with Crippen LogP contribution in [0.3, 0.4) is 0 Å². The Bertz CT molecular complexity index is 1340. The van der Waals surface area contributed by atoms with Gasteiger partial charge < -0.3 is 19.3 Å². The topological polar surface area (TPSA) is 140 Å². The van der Waals surface area contributed by atoms with Gasteiger partial charge in [-0.1, -0.05) is 47.0 Å². The second-order valence-corrected chi connectivity index (χ2v) is 8.84. The first-order chi connectivity index (χ1) is 17.7. The van der Waals surface area contributed by atoms with Crippen LogP contribution in [0.5, 0.6) is 0 Å². The first kappa shape index (κ1) is 25.4. The van der Waals surface area contributed by atoms with E-state index in [1.54, 1.807) is 24.3 Å². The van der Waals surface area contributed by atoms with Gasteiger partial charge in [-0.2, -0.15) is 18.3 Å². The van der Waals surface area contributed by atoms with E-state index in [1.165, 1.54) is 6.92 Å². The summed E-state index contributed by atoms with van der Waals surface area (Å²) >= 11 is 5.95. The van der Waals surface area contributed by atoms with Gasteiger partial charge in [-0.25, -0.2) is 14.6 Å². The van der Waals surface area contributed by atoms with Crippen LogP contribution in [0.15, 0.2) is 47.7 Å². The third-order valence-electron chi connectivity index (χ3n) is 5.96. The van der Waals surface area contributed by atoms with E-state index >= 15 is 0 Å². The molecule has 6 atom stereocenters. The minimum Gasteiger partial charge on any atom is -0.389 e. The molecule has 11 nitrogen and oxygen atoms in total. The SMILES string of the molecule is Cc1nc([C@@H]2O[C@@H]3COC(c4ccccc4)O[C@@H]3[C@H](N=[N+]=[N-])[C@H]2O)n(-c2cc(Cl)cnc2C(F)(F)F)n1. The van der Waals surface area contributed by atoms with Gasteiger partial charge in [-0.05, 0) is 18.5 Å². The van der Waals surface area contributed by atoms with Crippen molar-refractivity contribution < 1.29 is 32.5 Å². The van der Waals surface area contributed by atoms with Gasteiger partial charge in [-0.15, -0.1) is 0 Å². The van der Waals surface area contributed by atoms with Crippen LogP contribution in [0, 0.1) is 6.92 Å². The smallest absolute Gasteiger partial charge is 0.389 e. The lowest BCUT2D eigenvalue weighted by Crippen LogP contribution is -2.58. The molecule has 2 fully saturated rings. The van der Waals surface area contributed by atoms with Crippen LogP contribution in [0.25, 0.3) is 16.1 Å². The fourth-order valence-electron chi connectivity index (χ4n) is 4.40. The fourth-order valence-corrected chi connectivity index (χ4v) is 4.55. The largest absolute Gasteiger partial charge is 0.435 e. The van der Waals surface area contributed by atoms with Crippen LogP contribution < -0.4 is 0 Å². The highest BCUT2D eigenvalue weighted by Crippen LogP contribution is 2.41. The summed E-state index contributed by atoms with van der Waals surface area (Å²) in [6, 6.07) is 8.88. The molecular weight excluding hydrogens is 519 g/mol. The van der Waals surface area contributed by atoms with Crippen molar-refractivity contribution in [1.82, 2.24) is 19.7 Å². The number of aryl methyl sites for hydroxylation is 1. The molecule has 4 heterocycles. The Balaban J connectivity index is 1.53. The highest BCUT2D eigenvalue weighted by Gasteiger charge is 2.51. The third kappa shape index (κ3) is 4.87. The Morgan fingerprint density at radius 2 is 2.00 bits per heavy atom. The predicted molar refractivity (Wildman–Crippen MR) is 120 cm³/mol. The van der Waals surface area contributed by atoms with E-state index in [9.17, 15) is 23.8 Å². The molecule has 0 aliphatic carbocycles. The number of fused-ring (bicyclic) bond motifs is 1. The number of halogens is 4. The summed E-state index contributed by atoms with van der Waals surface area (Å²) in [6.07, 6.45) is -9.41. The fraction of sp³-hybridized carbons (Fsp3) is 0.409. The van der Waals surface area contributed by atoms with Crippen molar-refractivity contribution in [3.63, 3.8) is 0 Å². The molecule has 0 bridgehead atoms. The van der Waals surface area contributed by atoms with E-state index in [4.69, 9.17) is 25.8 Å². The molecule has 1 unspecified atom stereocenters. The minimum absolute atomic E-state index is 0.00939. The first-order valence-corrected chi connectivity index (χ1v) is 11.4. The van der Waals surface area contributed by atoms with Gasteiger partial charge in [0.2, 0.25) is 0 Å². The molecule has 2 saturated heterocycles. The number of aliphatic hydroxyl groups excluding tert-OH is 1. The second-order valence-electron chi connectivity index (χ2n) is 8.41. The summed E-state index contributed by atoms with van der Waals surface area (Å²) in [5.41, 5.74) is 8.14. The number of azide groups is 1. The maximum Gasteiger partial charge on any atom is 0.435 e. The molecule has 2 aliphatic rings. The van der Waals surface area contributed by atoms with Gasteiger partial charge >= 0.3 is 6.18 Å². The number of rotatable bonds is 4. The maximum atomic E-state index is 13.7. The summed E-state index contributed by atoms with van der Waals surface area (Å²) in [6.45, 7) is 1.45. The van der Waals surface area contributed by atoms with Gasteiger partial charge in [0.15, 0.2) is 17.8 Å². The number of aromatic nitrogens is 4. The molecule has 2 aliphatic heterocycles. The van der Waals surface area contributed by atoms with Gasteiger partial charge in [0.25, 0.3) is 0 Å². The lowest BCUT2D eigenvalue weighted by Gasteiger charge is -2.46. The molecule has 194 valence electrons. The molecule has 37 heavy (non-hydrogen) atoms. The van der Waals surface area contributed by atoms with E-state index < -0.39 is 54.3 Å². The predicted octanol–water partition coefficient (Wildman–Crippen LogP) is 4.24. The summed E-state index contributed by atoms with van der Waals surface area (Å²) < 4.78 is 60.0. The van der Waals surface area contributed by atoms with E-state index in [1.807, 2.05) is 6.07 Å². The molecule has 3 aromatic rings. The lowest BCUT2D eigenvalue weighted by atomic mass is 9.91. The first-order valence-electron chi connectivity index (χ1n) is 11.0. The molecule has 0 radical (unpaired) electrons. The number of benzene rings is 1. The Labute approximate surface area is 212 Å². The highest BCUT2D eigenvalue weighted by molar-refractivity contribution is 6.30. The van der Waals surface area contributed by atoms with Crippen LogP contribution in [0.4, 0.5) is 13.2 Å². The molecule has 0 amide bonds. The average molecular weight is 538 g/mol. The Morgan fingerprint density at radius 1 is 1.24 bits per heavy atom. The number of alkyl halides is 3. The van der Waals surface area contributed by atoms with Crippen molar-refractivity contribution in [3.05, 3.63) is 81.0 Å². The molecule has 1 aromatic carbocycles. The minimum atomic E-state index is -4.83. The zero-order valence-corrected chi connectivity index (χ0v) is 19.8. The Hall–Kier alpha value is -3.26.